The van der Waals surface area contributed by atoms with Crippen molar-refractivity contribution < 1.29 is 0 Å². The van der Waals surface area contributed by atoms with Crippen LogP contribution in [0.4, 0.5) is 0 Å². The second-order valence-corrected chi connectivity index (χ2v) is 8.59. The van der Waals surface area contributed by atoms with E-state index in [1.807, 2.05) is 0 Å². The molecule has 0 nitrogen and oxygen atoms in total. The molecule has 0 radical (unpaired) electrons. The minimum absolute atomic E-state index is 0.516. The van der Waals surface area contributed by atoms with E-state index in [1.165, 1.54) is 77.0 Å². The lowest BCUT2D eigenvalue weighted by molar-refractivity contribution is 0.356. The molecule has 0 heteroatoms. The van der Waals surface area contributed by atoms with Crippen molar-refractivity contribution in [2.75, 3.05) is 0 Å². The molecule has 0 amide bonds. The fourth-order valence-electron chi connectivity index (χ4n) is 2.92. The van der Waals surface area contributed by atoms with Crippen LogP contribution in [-0.2, 0) is 0 Å². The summed E-state index contributed by atoms with van der Waals surface area (Å²) in [6, 6.07) is 0. The lowest BCUT2D eigenvalue weighted by Crippen LogP contribution is -2.03. The molecule has 0 aliphatic carbocycles. The van der Waals surface area contributed by atoms with Crippen LogP contribution in [0.1, 0.15) is 111 Å². The first-order valence-electron chi connectivity index (χ1n) is 11.1. The van der Waals surface area contributed by atoms with Crippen LogP contribution in [0.15, 0.2) is 48.6 Å². The van der Waals surface area contributed by atoms with Gasteiger partial charge in [-0.05, 0) is 63.7 Å². The normalized spacial score (nSPS) is 13.2. The average molecular weight is 359 g/mol. The van der Waals surface area contributed by atoms with Gasteiger partial charge in [0.15, 0.2) is 0 Å². The van der Waals surface area contributed by atoms with Gasteiger partial charge in [-0.15, -0.1) is 0 Å². The quantitative estimate of drug-likeness (QED) is 0.190. The molecule has 0 aromatic rings. The summed E-state index contributed by atoms with van der Waals surface area (Å²) >= 11 is 0. The maximum absolute atomic E-state index is 2.37. The van der Waals surface area contributed by atoms with Crippen LogP contribution in [0, 0.1) is 5.41 Å². The molecule has 0 spiro atoms. The summed E-state index contributed by atoms with van der Waals surface area (Å²) in [6.07, 6.45) is 35.1. The molecule has 150 valence electrons. The summed E-state index contributed by atoms with van der Waals surface area (Å²) in [4.78, 5) is 0. The van der Waals surface area contributed by atoms with Crippen LogP contribution in [0.5, 0.6) is 0 Å². The first-order valence-corrected chi connectivity index (χ1v) is 11.1. The van der Waals surface area contributed by atoms with Crippen LogP contribution >= 0.6 is 0 Å². The van der Waals surface area contributed by atoms with Crippen molar-refractivity contribution in [3.8, 4) is 0 Å². The number of rotatable bonds is 16. The predicted molar refractivity (Wildman–Crippen MR) is 122 cm³/mol. The highest BCUT2D eigenvalue weighted by molar-refractivity contribution is 4.94. The summed E-state index contributed by atoms with van der Waals surface area (Å²) in [5, 5.41) is 0. The highest BCUT2D eigenvalue weighted by Crippen LogP contribution is 2.22. The molecule has 0 aromatic heterocycles. The van der Waals surface area contributed by atoms with E-state index in [4.69, 9.17) is 0 Å². The van der Waals surface area contributed by atoms with Gasteiger partial charge < -0.3 is 0 Å². The lowest BCUT2D eigenvalue weighted by atomic mass is 9.89. The Bertz CT molecular complexity index is 387. The molecular formula is C26H46. The number of hydrogen-bond acceptors (Lipinski definition) is 0. The van der Waals surface area contributed by atoms with Crippen LogP contribution in [0.2, 0.25) is 0 Å². The Kier molecular flexibility index (Phi) is 18.0. The summed E-state index contributed by atoms with van der Waals surface area (Å²) in [7, 11) is 0. The Morgan fingerprint density at radius 2 is 0.962 bits per heavy atom. The van der Waals surface area contributed by atoms with Crippen LogP contribution in [0.25, 0.3) is 0 Å². The lowest BCUT2D eigenvalue weighted by Gasteiger charge is -2.17. The monoisotopic (exact) mass is 358 g/mol. The Balaban J connectivity index is 3.30. The fourth-order valence-corrected chi connectivity index (χ4v) is 2.92. The number of allylic oxidation sites excluding steroid dienone is 8. The summed E-state index contributed by atoms with van der Waals surface area (Å²) in [5.74, 6) is 0. The van der Waals surface area contributed by atoms with Gasteiger partial charge in [-0.3, -0.25) is 0 Å². The Morgan fingerprint density at radius 1 is 0.500 bits per heavy atom. The first-order chi connectivity index (χ1) is 12.6. The zero-order valence-corrected chi connectivity index (χ0v) is 18.3. The van der Waals surface area contributed by atoms with Crippen molar-refractivity contribution in [1.82, 2.24) is 0 Å². The van der Waals surface area contributed by atoms with E-state index >= 15 is 0 Å². The number of hydrogen-bond donors (Lipinski definition) is 0. The van der Waals surface area contributed by atoms with Crippen LogP contribution < -0.4 is 0 Å². The van der Waals surface area contributed by atoms with Gasteiger partial charge in [0, 0.05) is 0 Å². The van der Waals surface area contributed by atoms with Gasteiger partial charge in [0.1, 0.15) is 0 Å². The van der Waals surface area contributed by atoms with Crippen molar-refractivity contribution in [2.45, 2.75) is 111 Å². The molecule has 0 fully saturated rings. The molecule has 0 N–H and O–H groups in total. The molecule has 0 aliphatic heterocycles. The molecule has 26 heavy (non-hydrogen) atoms. The number of unbranched alkanes of at least 4 members (excludes halogenated alkanes) is 8. The van der Waals surface area contributed by atoms with Gasteiger partial charge in [-0.2, -0.15) is 0 Å². The van der Waals surface area contributed by atoms with Crippen molar-refractivity contribution in [1.29, 1.82) is 0 Å². The average Bonchev–Trinajstić information content (AvgIpc) is 2.59. The summed E-state index contributed by atoms with van der Waals surface area (Å²) in [5.41, 5.74) is 0.516. The molecule has 0 aliphatic rings. The van der Waals surface area contributed by atoms with E-state index in [0.29, 0.717) is 5.41 Å². The van der Waals surface area contributed by atoms with Crippen LogP contribution in [0.3, 0.4) is 0 Å². The third kappa shape index (κ3) is 23.0. The largest absolute Gasteiger partial charge is 0.0917 e. The van der Waals surface area contributed by atoms with E-state index in [-0.39, 0.29) is 0 Å². The van der Waals surface area contributed by atoms with Gasteiger partial charge in [-0.25, -0.2) is 0 Å². The first kappa shape index (κ1) is 25.0. The summed E-state index contributed by atoms with van der Waals surface area (Å²) < 4.78 is 0. The van der Waals surface area contributed by atoms with Crippen LogP contribution in [-0.4, -0.2) is 0 Å². The highest BCUT2D eigenvalue weighted by Gasteiger charge is 2.08. The molecule has 0 aromatic carbocycles. The minimum Gasteiger partial charge on any atom is -0.0917 e. The fraction of sp³-hybridized carbons (Fsp3) is 0.692. The minimum atomic E-state index is 0.516. The Morgan fingerprint density at radius 3 is 1.54 bits per heavy atom. The van der Waals surface area contributed by atoms with E-state index in [1.54, 1.807) is 0 Å². The van der Waals surface area contributed by atoms with E-state index in [0.717, 1.165) is 6.42 Å². The third-order valence-corrected chi connectivity index (χ3v) is 4.56. The zero-order valence-electron chi connectivity index (χ0n) is 18.3. The molecule has 0 unspecified atom stereocenters. The van der Waals surface area contributed by atoms with Gasteiger partial charge in [-0.1, -0.05) is 101 Å². The molecule has 0 saturated heterocycles. The predicted octanol–water partition coefficient (Wildman–Crippen LogP) is 9.35. The molecule has 0 saturated carbocycles. The molecular weight excluding hydrogens is 312 g/mol. The van der Waals surface area contributed by atoms with Gasteiger partial charge in [0.2, 0.25) is 0 Å². The standard InChI is InChI=1S/C26H46/c1-5-6-7-8-9-10-11-12-13-14-15-16-17-18-19-20-21-22-23-24-25-26(2,3)4/h5-6,9-10,13-14,16-17H,7-8,11-12,15,18-25H2,1-4H3. The SMILES string of the molecule is CC=CCCC=CCCC=CCC=CCCCCCCCCC(C)(C)C. The van der Waals surface area contributed by atoms with E-state index in [2.05, 4.69) is 76.3 Å². The third-order valence-electron chi connectivity index (χ3n) is 4.56. The van der Waals surface area contributed by atoms with Crippen molar-refractivity contribution in [3.63, 3.8) is 0 Å². The Labute approximate surface area is 165 Å². The second kappa shape index (κ2) is 18.7. The Hall–Kier alpha value is -1.04. The highest BCUT2D eigenvalue weighted by atomic mass is 14.1. The maximum atomic E-state index is 2.37. The van der Waals surface area contributed by atoms with Gasteiger partial charge in [0.25, 0.3) is 0 Å². The smallest absolute Gasteiger partial charge is 0.0169 e. The van der Waals surface area contributed by atoms with Crippen molar-refractivity contribution >= 4 is 0 Å². The van der Waals surface area contributed by atoms with E-state index < -0.39 is 0 Å². The molecule has 0 bridgehead atoms. The zero-order chi connectivity index (χ0) is 19.3. The van der Waals surface area contributed by atoms with Gasteiger partial charge >= 0.3 is 0 Å². The summed E-state index contributed by atoms with van der Waals surface area (Å²) in [6.45, 7) is 9.12. The van der Waals surface area contributed by atoms with Crippen molar-refractivity contribution in [3.05, 3.63) is 48.6 Å². The second-order valence-electron chi connectivity index (χ2n) is 8.59. The molecule has 0 heterocycles. The molecule has 0 atom stereocenters. The topological polar surface area (TPSA) is 0 Å². The van der Waals surface area contributed by atoms with Crippen molar-refractivity contribution in [2.24, 2.45) is 5.41 Å². The van der Waals surface area contributed by atoms with E-state index in [9.17, 15) is 0 Å². The molecule has 0 rings (SSSR count). The van der Waals surface area contributed by atoms with Gasteiger partial charge in [0.05, 0.1) is 0 Å². The maximum Gasteiger partial charge on any atom is -0.0169 e.